The minimum absolute atomic E-state index is 0.0213. The van der Waals surface area contributed by atoms with Crippen LogP contribution >= 0.6 is 0 Å². The monoisotopic (exact) mass is 204 g/mol. The Morgan fingerprint density at radius 2 is 2.40 bits per heavy atom. The Bertz CT molecular complexity index is 392. The average molecular weight is 204 g/mol. The maximum absolute atomic E-state index is 9.68. The molecule has 0 saturated carbocycles. The van der Waals surface area contributed by atoms with Crippen molar-refractivity contribution < 1.29 is 9.84 Å². The van der Waals surface area contributed by atoms with Gasteiger partial charge in [0, 0.05) is 12.1 Å². The third-order valence-electron chi connectivity index (χ3n) is 2.45. The van der Waals surface area contributed by atoms with Crippen molar-refractivity contribution in [3.05, 3.63) is 29.3 Å². The molecular weight excluding hydrogens is 192 g/mol. The summed E-state index contributed by atoms with van der Waals surface area (Å²) in [5.74, 6) is 0.206. The van der Waals surface area contributed by atoms with E-state index in [0.717, 1.165) is 12.1 Å². The molecule has 78 valence electrons. The molecule has 1 heterocycles. The molecule has 0 radical (unpaired) electrons. The first-order valence-electron chi connectivity index (χ1n) is 4.85. The molecule has 0 spiro atoms. The SMILES string of the molecule is N#Cc1ccc(O)c([C@@H]2COCCN2)c1. The Labute approximate surface area is 88.1 Å². The average Bonchev–Trinajstić information content (AvgIpc) is 2.31. The highest BCUT2D eigenvalue weighted by Crippen LogP contribution is 2.26. The van der Waals surface area contributed by atoms with Crippen molar-refractivity contribution >= 4 is 0 Å². The molecule has 0 amide bonds. The van der Waals surface area contributed by atoms with Crippen LogP contribution in [0.15, 0.2) is 18.2 Å². The lowest BCUT2D eigenvalue weighted by Gasteiger charge is -2.24. The van der Waals surface area contributed by atoms with Gasteiger partial charge in [-0.2, -0.15) is 5.26 Å². The summed E-state index contributed by atoms with van der Waals surface area (Å²) in [6, 6.07) is 6.87. The number of nitriles is 1. The van der Waals surface area contributed by atoms with E-state index in [-0.39, 0.29) is 11.8 Å². The largest absolute Gasteiger partial charge is 0.508 e. The third-order valence-corrected chi connectivity index (χ3v) is 2.45. The second kappa shape index (κ2) is 4.30. The van der Waals surface area contributed by atoms with Crippen molar-refractivity contribution in [3.63, 3.8) is 0 Å². The predicted molar refractivity (Wildman–Crippen MR) is 54.4 cm³/mol. The third kappa shape index (κ3) is 2.09. The Morgan fingerprint density at radius 3 is 3.07 bits per heavy atom. The minimum atomic E-state index is -0.0213. The predicted octanol–water partition coefficient (Wildman–Crippen LogP) is 0.925. The molecule has 0 aliphatic carbocycles. The number of phenols is 1. The second-order valence-electron chi connectivity index (χ2n) is 3.47. The molecule has 2 rings (SSSR count). The highest BCUT2D eigenvalue weighted by Gasteiger charge is 2.18. The van der Waals surface area contributed by atoms with Crippen molar-refractivity contribution in [2.24, 2.45) is 0 Å². The molecule has 1 aromatic rings. The van der Waals surface area contributed by atoms with Crippen molar-refractivity contribution in [3.8, 4) is 11.8 Å². The fourth-order valence-corrected chi connectivity index (χ4v) is 1.67. The summed E-state index contributed by atoms with van der Waals surface area (Å²) in [7, 11) is 0. The highest BCUT2D eigenvalue weighted by atomic mass is 16.5. The number of hydrogen-bond acceptors (Lipinski definition) is 4. The van der Waals surface area contributed by atoms with Gasteiger partial charge in [-0.25, -0.2) is 0 Å². The molecule has 2 N–H and O–H groups in total. The van der Waals surface area contributed by atoms with Crippen LogP contribution in [-0.4, -0.2) is 24.9 Å². The fraction of sp³-hybridized carbons (Fsp3) is 0.364. The van der Waals surface area contributed by atoms with Crippen LogP contribution in [0.25, 0.3) is 0 Å². The van der Waals surface area contributed by atoms with E-state index >= 15 is 0 Å². The summed E-state index contributed by atoms with van der Waals surface area (Å²) in [6.45, 7) is 1.98. The molecule has 1 fully saturated rings. The van der Waals surface area contributed by atoms with Crippen molar-refractivity contribution in [2.75, 3.05) is 19.8 Å². The van der Waals surface area contributed by atoms with Crippen LogP contribution < -0.4 is 5.32 Å². The molecule has 1 saturated heterocycles. The van der Waals surface area contributed by atoms with Crippen LogP contribution in [0.3, 0.4) is 0 Å². The van der Waals surface area contributed by atoms with E-state index < -0.39 is 0 Å². The molecule has 0 unspecified atom stereocenters. The summed E-state index contributed by atoms with van der Waals surface area (Å²) in [5.41, 5.74) is 1.28. The first kappa shape index (κ1) is 9.97. The summed E-state index contributed by atoms with van der Waals surface area (Å²) in [6.07, 6.45) is 0. The normalized spacial score (nSPS) is 20.9. The van der Waals surface area contributed by atoms with Gasteiger partial charge in [-0.3, -0.25) is 0 Å². The van der Waals surface area contributed by atoms with Crippen LogP contribution in [-0.2, 0) is 4.74 Å². The molecular formula is C11H12N2O2. The maximum atomic E-state index is 9.68. The van der Waals surface area contributed by atoms with Crippen molar-refractivity contribution in [1.82, 2.24) is 5.32 Å². The lowest BCUT2D eigenvalue weighted by Crippen LogP contribution is -2.34. The zero-order chi connectivity index (χ0) is 10.7. The van der Waals surface area contributed by atoms with Gasteiger partial charge in [0.25, 0.3) is 0 Å². The zero-order valence-electron chi connectivity index (χ0n) is 8.23. The number of ether oxygens (including phenoxy) is 1. The maximum Gasteiger partial charge on any atom is 0.120 e. The quantitative estimate of drug-likeness (QED) is 0.714. The highest BCUT2D eigenvalue weighted by molar-refractivity contribution is 5.43. The van der Waals surface area contributed by atoms with E-state index in [1.54, 1.807) is 18.2 Å². The first-order valence-corrected chi connectivity index (χ1v) is 4.85. The van der Waals surface area contributed by atoms with E-state index in [1.807, 2.05) is 0 Å². The zero-order valence-corrected chi connectivity index (χ0v) is 8.23. The van der Waals surface area contributed by atoms with Gasteiger partial charge in [-0.1, -0.05) is 0 Å². The van der Waals surface area contributed by atoms with Gasteiger partial charge >= 0.3 is 0 Å². The number of phenolic OH excluding ortho intramolecular Hbond substituents is 1. The number of morpholine rings is 1. The van der Waals surface area contributed by atoms with Gasteiger partial charge in [0.15, 0.2) is 0 Å². The molecule has 1 aliphatic heterocycles. The van der Waals surface area contributed by atoms with Crippen molar-refractivity contribution in [2.45, 2.75) is 6.04 Å². The van der Waals surface area contributed by atoms with Gasteiger partial charge in [0.1, 0.15) is 5.75 Å². The lowest BCUT2D eigenvalue weighted by atomic mass is 10.0. The number of rotatable bonds is 1. The standard InChI is InChI=1S/C11H12N2O2/c12-6-8-1-2-11(14)9(5-8)10-7-15-4-3-13-10/h1-2,5,10,13-14H,3-4,7H2/t10-/m0/s1. The van der Waals surface area contributed by atoms with E-state index in [2.05, 4.69) is 11.4 Å². The van der Waals surface area contributed by atoms with Crippen LogP contribution in [0.4, 0.5) is 0 Å². The van der Waals surface area contributed by atoms with E-state index in [1.165, 1.54) is 0 Å². The summed E-state index contributed by atoms with van der Waals surface area (Å²) in [4.78, 5) is 0. The molecule has 4 nitrogen and oxygen atoms in total. The Hall–Kier alpha value is -1.57. The molecule has 4 heteroatoms. The topological polar surface area (TPSA) is 65.3 Å². The fourth-order valence-electron chi connectivity index (χ4n) is 1.67. The van der Waals surface area contributed by atoms with Gasteiger partial charge in [-0.05, 0) is 18.2 Å². The summed E-state index contributed by atoms with van der Waals surface area (Å²) in [5, 5.41) is 21.7. The van der Waals surface area contributed by atoms with Crippen LogP contribution in [0.2, 0.25) is 0 Å². The molecule has 0 bridgehead atoms. The smallest absolute Gasteiger partial charge is 0.120 e. The van der Waals surface area contributed by atoms with Gasteiger partial charge in [-0.15, -0.1) is 0 Å². The summed E-state index contributed by atoms with van der Waals surface area (Å²) < 4.78 is 5.31. The van der Waals surface area contributed by atoms with Crippen LogP contribution in [0.5, 0.6) is 5.75 Å². The minimum Gasteiger partial charge on any atom is -0.508 e. The summed E-state index contributed by atoms with van der Waals surface area (Å²) >= 11 is 0. The molecule has 15 heavy (non-hydrogen) atoms. The number of nitrogens with zero attached hydrogens (tertiary/aromatic N) is 1. The van der Waals surface area contributed by atoms with Crippen LogP contribution in [0.1, 0.15) is 17.2 Å². The number of aromatic hydroxyl groups is 1. The Kier molecular flexibility index (Phi) is 2.86. The van der Waals surface area contributed by atoms with Crippen molar-refractivity contribution in [1.29, 1.82) is 5.26 Å². The second-order valence-corrected chi connectivity index (χ2v) is 3.47. The van der Waals surface area contributed by atoms with Gasteiger partial charge < -0.3 is 15.2 Å². The van der Waals surface area contributed by atoms with E-state index in [4.69, 9.17) is 10.00 Å². The van der Waals surface area contributed by atoms with E-state index in [9.17, 15) is 5.11 Å². The Morgan fingerprint density at radius 1 is 1.53 bits per heavy atom. The lowest BCUT2D eigenvalue weighted by molar-refractivity contribution is 0.0761. The molecule has 1 aromatic carbocycles. The molecule has 0 aromatic heterocycles. The number of hydrogen-bond donors (Lipinski definition) is 2. The molecule has 1 aliphatic rings. The Balaban J connectivity index is 2.29. The van der Waals surface area contributed by atoms with Crippen LogP contribution in [0, 0.1) is 11.3 Å². The first-order chi connectivity index (χ1) is 7.31. The number of benzene rings is 1. The molecule has 1 atom stereocenters. The van der Waals surface area contributed by atoms with Gasteiger partial charge in [0.05, 0.1) is 30.9 Å². The van der Waals surface area contributed by atoms with Gasteiger partial charge in [0.2, 0.25) is 0 Å². The van der Waals surface area contributed by atoms with E-state index in [0.29, 0.717) is 18.8 Å². The number of nitrogens with one attached hydrogen (secondary N) is 1.